The van der Waals surface area contributed by atoms with E-state index in [2.05, 4.69) is 21.9 Å². The van der Waals surface area contributed by atoms with E-state index >= 15 is 0 Å². The maximum atomic E-state index is 12.4. The van der Waals surface area contributed by atoms with Crippen LogP contribution in [0.15, 0.2) is 17.4 Å². The number of nitrogens with zero attached hydrogens (tertiary/aromatic N) is 2. The maximum Gasteiger partial charge on any atom is 0.254 e. The summed E-state index contributed by atoms with van der Waals surface area (Å²) < 4.78 is 0. The molecule has 1 unspecified atom stereocenters. The Morgan fingerprint density at radius 1 is 1.40 bits per heavy atom. The van der Waals surface area contributed by atoms with E-state index in [4.69, 9.17) is 0 Å². The Morgan fingerprint density at radius 2 is 2.08 bits per heavy atom. The fourth-order valence-corrected chi connectivity index (χ4v) is 2.98. The number of hydrogen-bond acceptors (Lipinski definition) is 4. The van der Waals surface area contributed by atoms with Crippen molar-refractivity contribution in [1.29, 1.82) is 0 Å². The number of aromatic amines is 1. The largest absolute Gasteiger partial charge is 0.342 e. The molecule has 2 rings (SSSR count). The van der Waals surface area contributed by atoms with Crippen LogP contribution in [0.5, 0.6) is 0 Å². The third kappa shape index (κ3) is 4.15. The van der Waals surface area contributed by atoms with Crippen molar-refractivity contribution >= 4 is 11.8 Å². The Kier molecular flexibility index (Phi) is 5.77. The number of amides is 2. The quantitative estimate of drug-likeness (QED) is 0.752. The first kappa shape index (κ1) is 18.9. The third-order valence-corrected chi connectivity index (χ3v) is 4.77. The summed E-state index contributed by atoms with van der Waals surface area (Å²) in [6, 6.07) is 0. The van der Waals surface area contributed by atoms with Gasteiger partial charge in [-0.15, -0.1) is 0 Å². The minimum absolute atomic E-state index is 0.0877. The van der Waals surface area contributed by atoms with Crippen LogP contribution in [0.4, 0.5) is 0 Å². The number of carbonyl (C=O) groups excluding carboxylic acids is 2. The second-order valence-corrected chi connectivity index (χ2v) is 6.68. The van der Waals surface area contributed by atoms with E-state index in [1.165, 1.54) is 11.9 Å². The molecule has 1 aliphatic carbocycles. The number of fused-ring (bicyclic) bond motifs is 1. The van der Waals surface area contributed by atoms with E-state index in [0.29, 0.717) is 12.2 Å². The summed E-state index contributed by atoms with van der Waals surface area (Å²) in [7, 11) is 1.53. The molecule has 0 saturated carbocycles. The number of H-pyrrole nitrogens is 1. The van der Waals surface area contributed by atoms with Crippen molar-refractivity contribution in [1.82, 2.24) is 20.2 Å². The zero-order valence-corrected chi connectivity index (χ0v) is 15.1. The van der Waals surface area contributed by atoms with Crippen molar-refractivity contribution in [2.24, 2.45) is 0 Å². The summed E-state index contributed by atoms with van der Waals surface area (Å²) in [5, 5.41) is 2.90. The first-order valence-corrected chi connectivity index (χ1v) is 8.61. The Hall–Kier alpha value is -2.44. The summed E-state index contributed by atoms with van der Waals surface area (Å²) in [6.45, 7) is 7.06. The predicted molar refractivity (Wildman–Crippen MR) is 95.1 cm³/mol. The topological polar surface area (TPSA) is 95.2 Å². The van der Waals surface area contributed by atoms with Crippen molar-refractivity contribution in [2.75, 3.05) is 13.6 Å². The summed E-state index contributed by atoms with van der Waals surface area (Å²) >= 11 is 0. The lowest BCUT2D eigenvalue weighted by Crippen LogP contribution is -2.49. The number of rotatable bonds is 6. The molecule has 0 saturated heterocycles. The molecular weight excluding hydrogens is 320 g/mol. The Bertz CT molecular complexity index is 740. The standard InChI is InChI=1S/C18H26N4O3/c1-5-15(24)22(4)11-14(23)21-18(3,6-2)17-19-13-10-8-7-9-12(13)16(25)20-17/h5H,1,6-11H2,2-4H3,(H,21,23)(H,19,20,25). The number of nitrogens with one attached hydrogen (secondary N) is 2. The summed E-state index contributed by atoms with van der Waals surface area (Å²) in [6.07, 6.45) is 5.28. The van der Waals surface area contributed by atoms with Gasteiger partial charge in [0.15, 0.2) is 0 Å². The summed E-state index contributed by atoms with van der Waals surface area (Å²) in [5.74, 6) is -0.178. The van der Waals surface area contributed by atoms with Crippen LogP contribution in [0, 0.1) is 0 Å². The van der Waals surface area contributed by atoms with Crippen LogP contribution in [-0.2, 0) is 28.0 Å². The molecule has 0 aliphatic heterocycles. The molecule has 1 atom stereocenters. The minimum atomic E-state index is -0.805. The zero-order chi connectivity index (χ0) is 18.6. The molecule has 7 heteroatoms. The van der Waals surface area contributed by atoms with E-state index in [-0.39, 0.29) is 23.9 Å². The Morgan fingerprint density at radius 3 is 2.72 bits per heavy atom. The number of aromatic nitrogens is 2. The summed E-state index contributed by atoms with van der Waals surface area (Å²) in [4.78, 5) is 45.0. The van der Waals surface area contributed by atoms with Crippen LogP contribution in [0.1, 0.15) is 50.2 Å². The van der Waals surface area contributed by atoms with Crippen molar-refractivity contribution in [3.63, 3.8) is 0 Å². The molecule has 7 nitrogen and oxygen atoms in total. The average Bonchev–Trinajstić information content (AvgIpc) is 2.60. The molecule has 0 radical (unpaired) electrons. The van der Waals surface area contributed by atoms with Gasteiger partial charge in [-0.1, -0.05) is 13.5 Å². The molecule has 1 aromatic rings. The molecule has 1 aliphatic rings. The smallest absolute Gasteiger partial charge is 0.254 e. The van der Waals surface area contributed by atoms with Gasteiger partial charge in [0.1, 0.15) is 5.82 Å². The first-order chi connectivity index (χ1) is 11.8. The van der Waals surface area contributed by atoms with Crippen molar-refractivity contribution in [2.45, 2.75) is 51.5 Å². The number of carbonyl (C=O) groups is 2. The fourth-order valence-electron chi connectivity index (χ4n) is 2.98. The molecule has 25 heavy (non-hydrogen) atoms. The van der Waals surface area contributed by atoms with Gasteiger partial charge in [-0.05, 0) is 45.1 Å². The average molecular weight is 346 g/mol. The van der Waals surface area contributed by atoms with Gasteiger partial charge in [0.05, 0.1) is 17.8 Å². The fraction of sp³-hybridized carbons (Fsp3) is 0.556. The Balaban J connectivity index is 2.23. The highest BCUT2D eigenvalue weighted by atomic mass is 16.2. The first-order valence-electron chi connectivity index (χ1n) is 8.61. The van der Waals surface area contributed by atoms with Gasteiger partial charge in [0.25, 0.3) is 5.56 Å². The van der Waals surface area contributed by atoms with Crippen molar-refractivity contribution in [3.05, 3.63) is 40.1 Å². The minimum Gasteiger partial charge on any atom is -0.342 e. The lowest BCUT2D eigenvalue weighted by atomic mass is 9.94. The molecule has 2 amide bonds. The number of hydrogen-bond donors (Lipinski definition) is 2. The highest BCUT2D eigenvalue weighted by molar-refractivity contribution is 5.90. The second-order valence-electron chi connectivity index (χ2n) is 6.68. The van der Waals surface area contributed by atoms with Crippen LogP contribution in [0.3, 0.4) is 0 Å². The molecule has 0 spiro atoms. The van der Waals surface area contributed by atoms with Crippen LogP contribution in [0.25, 0.3) is 0 Å². The monoisotopic (exact) mass is 346 g/mol. The van der Waals surface area contributed by atoms with Crippen molar-refractivity contribution in [3.8, 4) is 0 Å². The normalized spacial score (nSPS) is 15.6. The molecule has 1 aromatic heterocycles. The van der Waals surface area contributed by atoms with Crippen molar-refractivity contribution < 1.29 is 9.59 Å². The van der Waals surface area contributed by atoms with Crippen LogP contribution < -0.4 is 10.9 Å². The predicted octanol–water partition coefficient (Wildman–Crippen LogP) is 1.03. The number of likely N-dealkylation sites (N-methyl/N-ethyl adjacent to an activating group) is 1. The molecule has 1 heterocycles. The highest BCUT2D eigenvalue weighted by Crippen LogP contribution is 2.23. The SMILES string of the molecule is C=CC(=O)N(C)CC(=O)NC(C)(CC)c1nc2c(c(=O)[nH]1)CCCC2. The van der Waals surface area contributed by atoms with Gasteiger partial charge >= 0.3 is 0 Å². The maximum absolute atomic E-state index is 12.4. The Labute approximate surface area is 147 Å². The van der Waals surface area contributed by atoms with Gasteiger partial charge in [0.2, 0.25) is 11.8 Å². The molecule has 0 bridgehead atoms. The summed E-state index contributed by atoms with van der Waals surface area (Å²) in [5.41, 5.74) is 0.669. The van der Waals surface area contributed by atoms with Crippen LogP contribution in [0.2, 0.25) is 0 Å². The van der Waals surface area contributed by atoms with E-state index < -0.39 is 5.54 Å². The van der Waals surface area contributed by atoms with Gasteiger partial charge in [-0.2, -0.15) is 0 Å². The van der Waals surface area contributed by atoms with Gasteiger partial charge in [-0.3, -0.25) is 14.4 Å². The zero-order valence-electron chi connectivity index (χ0n) is 15.1. The second kappa shape index (κ2) is 7.63. The molecule has 0 aromatic carbocycles. The van der Waals surface area contributed by atoms with E-state index in [9.17, 15) is 14.4 Å². The molecule has 0 fully saturated rings. The molecule has 136 valence electrons. The lowest BCUT2D eigenvalue weighted by Gasteiger charge is -2.30. The van der Waals surface area contributed by atoms with E-state index in [1.54, 1.807) is 0 Å². The third-order valence-electron chi connectivity index (χ3n) is 4.77. The van der Waals surface area contributed by atoms with Gasteiger partial charge in [-0.25, -0.2) is 4.98 Å². The highest BCUT2D eigenvalue weighted by Gasteiger charge is 2.31. The lowest BCUT2D eigenvalue weighted by molar-refractivity contribution is -0.132. The molecule has 2 N–H and O–H groups in total. The van der Waals surface area contributed by atoms with Gasteiger partial charge in [0, 0.05) is 12.6 Å². The molecular formula is C18H26N4O3. The van der Waals surface area contributed by atoms with Crippen LogP contribution in [-0.4, -0.2) is 40.3 Å². The van der Waals surface area contributed by atoms with E-state index in [1.807, 2.05) is 13.8 Å². The van der Waals surface area contributed by atoms with Crippen LogP contribution >= 0.6 is 0 Å². The van der Waals surface area contributed by atoms with E-state index in [0.717, 1.165) is 43.0 Å². The van der Waals surface area contributed by atoms with Gasteiger partial charge < -0.3 is 15.2 Å². The number of aryl methyl sites for hydroxylation is 1.